The number of rotatable bonds is 3. The summed E-state index contributed by atoms with van der Waals surface area (Å²) >= 11 is 9.14. The van der Waals surface area contributed by atoms with Crippen LogP contribution >= 0.6 is 27.5 Å². The molecule has 0 aliphatic carbocycles. The van der Waals surface area contributed by atoms with Gasteiger partial charge in [-0.05, 0) is 52.7 Å². The number of nitrogens with one attached hydrogen (secondary N) is 1. The number of hydrogen-bond donors (Lipinski definition) is 1. The van der Waals surface area contributed by atoms with Crippen molar-refractivity contribution in [2.45, 2.75) is 6.54 Å². The van der Waals surface area contributed by atoms with Gasteiger partial charge in [-0.25, -0.2) is 4.39 Å². The van der Waals surface area contributed by atoms with E-state index in [4.69, 9.17) is 11.6 Å². The minimum Gasteiger partial charge on any atom is -0.381 e. The highest BCUT2D eigenvalue weighted by molar-refractivity contribution is 9.10. The van der Waals surface area contributed by atoms with E-state index in [1.807, 2.05) is 18.2 Å². The maximum absolute atomic E-state index is 13.4. The van der Waals surface area contributed by atoms with E-state index in [1.165, 1.54) is 11.5 Å². The molecule has 0 spiro atoms. The van der Waals surface area contributed by atoms with Gasteiger partial charge in [-0.1, -0.05) is 45.7 Å². The van der Waals surface area contributed by atoms with Crippen LogP contribution in [0.15, 0.2) is 59.1 Å². The van der Waals surface area contributed by atoms with Crippen LogP contribution in [0.4, 0.5) is 10.1 Å². The SMILES string of the molecule is Fc1cc(CNc2ccc3cc(Br)ccc3c2)ccc1Cl. The minimum absolute atomic E-state index is 0.148. The van der Waals surface area contributed by atoms with E-state index >= 15 is 0 Å². The average molecular weight is 365 g/mol. The molecule has 0 aliphatic rings. The summed E-state index contributed by atoms with van der Waals surface area (Å²) in [6.07, 6.45) is 0. The molecular formula is C17H12BrClFN. The molecule has 0 aliphatic heterocycles. The van der Waals surface area contributed by atoms with Crippen molar-refractivity contribution in [2.75, 3.05) is 5.32 Å². The molecule has 0 saturated carbocycles. The fourth-order valence-electron chi connectivity index (χ4n) is 2.18. The van der Waals surface area contributed by atoms with Gasteiger partial charge in [-0.3, -0.25) is 0 Å². The normalized spacial score (nSPS) is 10.8. The van der Waals surface area contributed by atoms with E-state index in [1.54, 1.807) is 6.07 Å². The van der Waals surface area contributed by atoms with Gasteiger partial charge in [0.2, 0.25) is 0 Å². The lowest BCUT2D eigenvalue weighted by atomic mass is 10.1. The molecule has 0 amide bonds. The number of hydrogen-bond acceptors (Lipinski definition) is 1. The van der Waals surface area contributed by atoms with E-state index < -0.39 is 0 Å². The van der Waals surface area contributed by atoms with Gasteiger partial charge in [0.25, 0.3) is 0 Å². The van der Waals surface area contributed by atoms with Crippen LogP contribution in [-0.2, 0) is 6.54 Å². The largest absolute Gasteiger partial charge is 0.381 e. The van der Waals surface area contributed by atoms with Crippen molar-refractivity contribution in [3.05, 3.63) is 75.5 Å². The van der Waals surface area contributed by atoms with Gasteiger partial charge in [0.15, 0.2) is 0 Å². The first-order chi connectivity index (χ1) is 10.1. The Hall–Kier alpha value is -1.58. The third kappa shape index (κ3) is 3.36. The molecule has 0 saturated heterocycles. The summed E-state index contributed by atoms with van der Waals surface area (Å²) in [7, 11) is 0. The summed E-state index contributed by atoms with van der Waals surface area (Å²) in [6, 6.07) is 17.1. The first-order valence-corrected chi connectivity index (χ1v) is 7.66. The summed E-state index contributed by atoms with van der Waals surface area (Å²) in [5, 5.41) is 5.77. The van der Waals surface area contributed by atoms with Crippen molar-refractivity contribution in [1.82, 2.24) is 0 Å². The van der Waals surface area contributed by atoms with Gasteiger partial charge in [-0.2, -0.15) is 0 Å². The molecule has 0 heterocycles. The molecular weight excluding hydrogens is 353 g/mol. The van der Waals surface area contributed by atoms with E-state index in [2.05, 4.69) is 45.5 Å². The Bertz CT molecular complexity index is 804. The second-order valence-electron chi connectivity index (χ2n) is 4.81. The Kier molecular flexibility index (Phi) is 4.13. The zero-order valence-corrected chi connectivity index (χ0v) is 13.4. The van der Waals surface area contributed by atoms with Crippen molar-refractivity contribution in [3.63, 3.8) is 0 Å². The summed E-state index contributed by atoms with van der Waals surface area (Å²) in [4.78, 5) is 0. The molecule has 0 atom stereocenters. The summed E-state index contributed by atoms with van der Waals surface area (Å²) in [5.74, 6) is -0.390. The molecule has 0 bridgehead atoms. The summed E-state index contributed by atoms with van der Waals surface area (Å²) in [5.41, 5.74) is 1.85. The van der Waals surface area contributed by atoms with E-state index in [-0.39, 0.29) is 10.8 Å². The Morgan fingerprint density at radius 3 is 2.52 bits per heavy atom. The third-order valence-corrected chi connectivity index (χ3v) is 4.08. The van der Waals surface area contributed by atoms with E-state index in [0.29, 0.717) is 6.54 Å². The molecule has 0 aromatic heterocycles. The van der Waals surface area contributed by atoms with Gasteiger partial charge in [-0.15, -0.1) is 0 Å². The zero-order valence-electron chi connectivity index (χ0n) is 11.0. The second-order valence-corrected chi connectivity index (χ2v) is 6.13. The molecule has 0 radical (unpaired) electrons. The lowest BCUT2D eigenvalue weighted by molar-refractivity contribution is 0.626. The van der Waals surface area contributed by atoms with Crippen LogP contribution in [0, 0.1) is 5.82 Å². The van der Waals surface area contributed by atoms with Crippen LogP contribution in [0.3, 0.4) is 0 Å². The Balaban J connectivity index is 1.78. The van der Waals surface area contributed by atoms with Crippen LogP contribution in [-0.4, -0.2) is 0 Å². The molecule has 0 unspecified atom stereocenters. The highest BCUT2D eigenvalue weighted by Crippen LogP contribution is 2.23. The zero-order chi connectivity index (χ0) is 14.8. The first kappa shape index (κ1) is 14.4. The number of benzene rings is 3. The second kappa shape index (κ2) is 6.04. The van der Waals surface area contributed by atoms with Crippen LogP contribution in [0.25, 0.3) is 10.8 Å². The maximum atomic E-state index is 13.4. The predicted octanol–water partition coefficient (Wildman–Crippen LogP) is 6.01. The molecule has 1 nitrogen and oxygen atoms in total. The monoisotopic (exact) mass is 363 g/mol. The Labute approximate surface area is 135 Å². The molecule has 4 heteroatoms. The highest BCUT2D eigenvalue weighted by Gasteiger charge is 2.02. The highest BCUT2D eigenvalue weighted by atomic mass is 79.9. The van der Waals surface area contributed by atoms with Crippen molar-refractivity contribution in [3.8, 4) is 0 Å². The van der Waals surface area contributed by atoms with Gasteiger partial charge in [0.1, 0.15) is 5.82 Å². The van der Waals surface area contributed by atoms with Gasteiger partial charge in [0, 0.05) is 16.7 Å². The Morgan fingerprint density at radius 2 is 1.71 bits per heavy atom. The summed E-state index contributed by atoms with van der Waals surface area (Å²) in [6.45, 7) is 0.552. The standard InChI is InChI=1S/C17H12BrClFN/c18-14-4-2-13-9-15(5-3-12(13)8-14)21-10-11-1-6-16(19)17(20)7-11/h1-9,21H,10H2. The van der Waals surface area contributed by atoms with E-state index in [9.17, 15) is 4.39 Å². The molecule has 3 aromatic carbocycles. The van der Waals surface area contributed by atoms with Crippen LogP contribution < -0.4 is 5.32 Å². The lowest BCUT2D eigenvalue weighted by Gasteiger charge is -2.08. The summed E-state index contributed by atoms with van der Waals surface area (Å²) < 4.78 is 14.4. The molecule has 3 aromatic rings. The van der Waals surface area contributed by atoms with Crippen molar-refractivity contribution < 1.29 is 4.39 Å². The number of anilines is 1. The predicted molar refractivity (Wildman–Crippen MR) is 90.4 cm³/mol. The smallest absolute Gasteiger partial charge is 0.142 e. The third-order valence-electron chi connectivity index (χ3n) is 3.28. The fraction of sp³-hybridized carbons (Fsp3) is 0.0588. The minimum atomic E-state index is -0.390. The molecule has 0 fully saturated rings. The first-order valence-electron chi connectivity index (χ1n) is 6.49. The van der Waals surface area contributed by atoms with Gasteiger partial charge in [0.05, 0.1) is 5.02 Å². The number of fused-ring (bicyclic) bond motifs is 1. The quantitative estimate of drug-likeness (QED) is 0.600. The topological polar surface area (TPSA) is 12.0 Å². The van der Waals surface area contributed by atoms with Gasteiger partial charge >= 0.3 is 0 Å². The molecule has 1 N–H and O–H groups in total. The fourth-order valence-corrected chi connectivity index (χ4v) is 2.68. The average Bonchev–Trinajstić information content (AvgIpc) is 2.48. The van der Waals surface area contributed by atoms with Crippen molar-refractivity contribution >= 4 is 44.0 Å². The van der Waals surface area contributed by atoms with Crippen LogP contribution in [0.2, 0.25) is 5.02 Å². The molecule has 3 rings (SSSR count). The maximum Gasteiger partial charge on any atom is 0.142 e. The van der Waals surface area contributed by atoms with Crippen LogP contribution in [0.5, 0.6) is 0 Å². The van der Waals surface area contributed by atoms with Crippen LogP contribution in [0.1, 0.15) is 5.56 Å². The van der Waals surface area contributed by atoms with E-state index in [0.717, 1.165) is 21.1 Å². The molecule has 106 valence electrons. The van der Waals surface area contributed by atoms with Crippen molar-refractivity contribution in [2.24, 2.45) is 0 Å². The Morgan fingerprint density at radius 1 is 0.952 bits per heavy atom. The lowest BCUT2D eigenvalue weighted by Crippen LogP contribution is -1.99. The molecule has 21 heavy (non-hydrogen) atoms. The van der Waals surface area contributed by atoms with Crippen molar-refractivity contribution in [1.29, 1.82) is 0 Å². The van der Waals surface area contributed by atoms with Gasteiger partial charge < -0.3 is 5.32 Å². The number of halogens is 3.